The fraction of sp³-hybridized carbons (Fsp3) is 0.682. The van der Waals surface area contributed by atoms with Gasteiger partial charge in [0.15, 0.2) is 0 Å². The topological polar surface area (TPSA) is 72.0 Å². The number of piperidine rings is 1. The van der Waals surface area contributed by atoms with E-state index in [1.165, 1.54) is 26.4 Å². The molecule has 1 aromatic heterocycles. The van der Waals surface area contributed by atoms with Crippen LogP contribution in [0.4, 0.5) is 0 Å². The fourth-order valence-electron chi connectivity index (χ4n) is 5.06. The maximum absolute atomic E-state index is 13.0. The standard InChI is InChI=1S/C22H31N3O4/c1-24(14-15-25-12-4-3-5-13-25)20(26)16-6-9-22(10-7-16)17-8-11-23-19(28-2)18(17)21(27)29-22/h8,11,16H,3-7,9-10,12-15H2,1-2H3/t16-,22-. The highest BCUT2D eigenvalue weighted by molar-refractivity contribution is 5.97. The van der Waals surface area contributed by atoms with Gasteiger partial charge in [0.1, 0.15) is 11.2 Å². The number of esters is 1. The largest absolute Gasteiger partial charge is 0.480 e. The second kappa shape index (κ2) is 8.30. The second-order valence-electron chi connectivity index (χ2n) is 8.56. The molecule has 0 atom stereocenters. The normalized spacial score (nSPS) is 26.8. The molecule has 3 heterocycles. The van der Waals surface area contributed by atoms with Crippen LogP contribution >= 0.6 is 0 Å². The molecule has 2 fully saturated rings. The number of likely N-dealkylation sites (tertiary alicyclic amines) is 1. The molecular formula is C22H31N3O4. The molecule has 2 aliphatic heterocycles. The van der Waals surface area contributed by atoms with Crippen molar-refractivity contribution in [1.29, 1.82) is 0 Å². The van der Waals surface area contributed by atoms with Gasteiger partial charge in [-0.1, -0.05) is 6.42 Å². The van der Waals surface area contributed by atoms with E-state index in [1.54, 1.807) is 6.20 Å². The van der Waals surface area contributed by atoms with E-state index < -0.39 is 5.60 Å². The van der Waals surface area contributed by atoms with E-state index in [0.717, 1.165) is 44.6 Å². The van der Waals surface area contributed by atoms with E-state index in [9.17, 15) is 9.59 Å². The third kappa shape index (κ3) is 3.84. The quantitative estimate of drug-likeness (QED) is 0.706. The zero-order chi connectivity index (χ0) is 20.4. The Hall–Kier alpha value is -2.15. The number of aromatic nitrogens is 1. The zero-order valence-corrected chi connectivity index (χ0v) is 17.5. The first-order valence-electron chi connectivity index (χ1n) is 10.8. The average Bonchev–Trinajstić information content (AvgIpc) is 3.04. The Morgan fingerprint density at radius 3 is 2.72 bits per heavy atom. The van der Waals surface area contributed by atoms with Crippen LogP contribution in [0.15, 0.2) is 12.3 Å². The van der Waals surface area contributed by atoms with Gasteiger partial charge in [0.25, 0.3) is 0 Å². The lowest BCUT2D eigenvalue weighted by molar-refractivity contribution is -0.137. The fourth-order valence-corrected chi connectivity index (χ4v) is 5.06. The number of methoxy groups -OCH3 is 1. The van der Waals surface area contributed by atoms with Crippen molar-refractivity contribution >= 4 is 11.9 Å². The summed E-state index contributed by atoms with van der Waals surface area (Å²) in [7, 11) is 3.42. The molecule has 1 aromatic rings. The number of carbonyl (C=O) groups excluding carboxylic acids is 2. The molecule has 4 rings (SSSR count). The molecular weight excluding hydrogens is 370 g/mol. The van der Waals surface area contributed by atoms with Gasteiger partial charge < -0.3 is 19.3 Å². The monoisotopic (exact) mass is 401 g/mol. The number of likely N-dealkylation sites (N-methyl/N-ethyl adjacent to an activating group) is 1. The van der Waals surface area contributed by atoms with E-state index in [0.29, 0.717) is 24.3 Å². The summed E-state index contributed by atoms with van der Waals surface area (Å²) in [6, 6.07) is 1.86. The van der Waals surface area contributed by atoms with Crippen molar-refractivity contribution in [3.63, 3.8) is 0 Å². The van der Waals surface area contributed by atoms with Crippen molar-refractivity contribution in [2.24, 2.45) is 5.92 Å². The smallest absolute Gasteiger partial charge is 0.344 e. The van der Waals surface area contributed by atoms with Gasteiger partial charge in [0, 0.05) is 37.8 Å². The first-order chi connectivity index (χ1) is 14.0. The van der Waals surface area contributed by atoms with E-state index >= 15 is 0 Å². The lowest BCUT2D eigenvalue weighted by Gasteiger charge is -2.37. The van der Waals surface area contributed by atoms with Crippen LogP contribution in [0, 0.1) is 5.92 Å². The summed E-state index contributed by atoms with van der Waals surface area (Å²) in [5.74, 6) is 0.167. The second-order valence-corrected chi connectivity index (χ2v) is 8.56. The summed E-state index contributed by atoms with van der Waals surface area (Å²) in [5.41, 5.74) is 0.670. The maximum atomic E-state index is 13.0. The first kappa shape index (κ1) is 20.1. The van der Waals surface area contributed by atoms with Gasteiger partial charge in [-0.15, -0.1) is 0 Å². The maximum Gasteiger partial charge on any atom is 0.344 e. The van der Waals surface area contributed by atoms with Gasteiger partial charge in [0.2, 0.25) is 11.8 Å². The number of carbonyl (C=O) groups is 2. The average molecular weight is 402 g/mol. The molecule has 0 bridgehead atoms. The van der Waals surface area contributed by atoms with Crippen molar-refractivity contribution in [3.05, 3.63) is 23.4 Å². The predicted molar refractivity (Wildman–Crippen MR) is 108 cm³/mol. The molecule has 29 heavy (non-hydrogen) atoms. The first-order valence-corrected chi connectivity index (χ1v) is 10.8. The van der Waals surface area contributed by atoms with Gasteiger partial charge in [-0.05, 0) is 57.7 Å². The minimum Gasteiger partial charge on any atom is -0.480 e. The molecule has 7 heteroatoms. The number of hydrogen-bond donors (Lipinski definition) is 0. The Balaban J connectivity index is 1.36. The van der Waals surface area contributed by atoms with Crippen molar-refractivity contribution in [2.75, 3.05) is 40.3 Å². The summed E-state index contributed by atoms with van der Waals surface area (Å²) < 4.78 is 11.1. The number of amides is 1. The minimum absolute atomic E-state index is 0.00142. The number of hydrogen-bond acceptors (Lipinski definition) is 6. The lowest BCUT2D eigenvalue weighted by Crippen LogP contribution is -2.43. The van der Waals surface area contributed by atoms with Crippen molar-refractivity contribution < 1.29 is 19.1 Å². The Bertz CT molecular complexity index is 767. The van der Waals surface area contributed by atoms with Gasteiger partial charge in [-0.2, -0.15) is 0 Å². The summed E-state index contributed by atoms with van der Waals surface area (Å²) in [6.07, 6.45) is 8.29. The van der Waals surface area contributed by atoms with Crippen molar-refractivity contribution in [3.8, 4) is 5.88 Å². The van der Waals surface area contributed by atoms with Gasteiger partial charge in [-0.25, -0.2) is 9.78 Å². The zero-order valence-electron chi connectivity index (χ0n) is 17.5. The molecule has 1 amide bonds. The number of ether oxygens (including phenoxy) is 2. The highest BCUT2D eigenvalue weighted by atomic mass is 16.6. The third-order valence-electron chi connectivity index (χ3n) is 6.81. The van der Waals surface area contributed by atoms with E-state index in [1.807, 2.05) is 18.0 Å². The number of fused-ring (bicyclic) bond motifs is 2. The van der Waals surface area contributed by atoms with E-state index in [4.69, 9.17) is 9.47 Å². The molecule has 1 saturated heterocycles. The van der Waals surface area contributed by atoms with Crippen molar-refractivity contribution in [1.82, 2.24) is 14.8 Å². The summed E-state index contributed by atoms with van der Waals surface area (Å²) >= 11 is 0. The number of pyridine rings is 1. The molecule has 0 aromatic carbocycles. The molecule has 1 aliphatic carbocycles. The van der Waals surface area contributed by atoms with Gasteiger partial charge in [-0.3, -0.25) is 4.79 Å². The summed E-state index contributed by atoms with van der Waals surface area (Å²) in [6.45, 7) is 4.03. The Kier molecular flexibility index (Phi) is 5.76. The summed E-state index contributed by atoms with van der Waals surface area (Å²) in [4.78, 5) is 33.9. The van der Waals surface area contributed by atoms with Gasteiger partial charge in [0.05, 0.1) is 7.11 Å². The Morgan fingerprint density at radius 1 is 1.31 bits per heavy atom. The molecule has 0 radical (unpaired) electrons. The van der Waals surface area contributed by atoms with Crippen LogP contribution in [0.2, 0.25) is 0 Å². The summed E-state index contributed by atoms with van der Waals surface area (Å²) in [5, 5.41) is 0. The molecule has 3 aliphatic rings. The molecule has 1 spiro atoms. The molecule has 0 N–H and O–H groups in total. The lowest BCUT2D eigenvalue weighted by atomic mass is 9.75. The molecule has 158 valence electrons. The number of rotatable bonds is 5. The van der Waals surface area contributed by atoms with Crippen molar-refractivity contribution in [2.45, 2.75) is 50.5 Å². The van der Waals surface area contributed by atoms with Crippen LogP contribution < -0.4 is 4.74 Å². The Morgan fingerprint density at radius 2 is 2.03 bits per heavy atom. The van der Waals surface area contributed by atoms with E-state index in [-0.39, 0.29) is 17.8 Å². The van der Waals surface area contributed by atoms with Crippen LogP contribution in [0.5, 0.6) is 5.88 Å². The van der Waals surface area contributed by atoms with Crippen LogP contribution in [-0.4, -0.2) is 67.0 Å². The number of nitrogens with zero attached hydrogens (tertiary/aromatic N) is 3. The Labute approximate surface area is 172 Å². The highest BCUT2D eigenvalue weighted by Gasteiger charge is 2.50. The van der Waals surface area contributed by atoms with Crippen LogP contribution in [-0.2, 0) is 15.1 Å². The molecule has 1 saturated carbocycles. The van der Waals surface area contributed by atoms with Crippen LogP contribution in [0.25, 0.3) is 0 Å². The van der Waals surface area contributed by atoms with Crippen LogP contribution in [0.3, 0.4) is 0 Å². The molecule has 7 nitrogen and oxygen atoms in total. The van der Waals surface area contributed by atoms with Gasteiger partial charge >= 0.3 is 5.97 Å². The highest BCUT2D eigenvalue weighted by Crippen LogP contribution is 2.49. The minimum atomic E-state index is -0.633. The molecule has 0 unspecified atom stereocenters. The SMILES string of the molecule is COc1nccc2c1C(=O)O[C@]21CC[C@H](C(=O)N(C)CCN2CCCCC2)CC1. The van der Waals surface area contributed by atoms with E-state index in [2.05, 4.69) is 9.88 Å². The van der Waals surface area contributed by atoms with Crippen LogP contribution in [0.1, 0.15) is 60.9 Å². The third-order valence-corrected chi connectivity index (χ3v) is 6.81. The predicted octanol–water partition coefficient (Wildman–Crippen LogP) is 2.59.